The van der Waals surface area contributed by atoms with E-state index in [2.05, 4.69) is 15.9 Å². The van der Waals surface area contributed by atoms with Crippen LogP contribution >= 0.6 is 15.9 Å². The van der Waals surface area contributed by atoms with E-state index in [4.69, 9.17) is 0 Å². The number of carbonyl (C=O) groups is 1. The molecule has 3 nitrogen and oxygen atoms in total. The molecule has 2 aromatic rings. The third kappa shape index (κ3) is 4.30. The first kappa shape index (κ1) is 22.2. The lowest BCUT2D eigenvalue weighted by Gasteiger charge is -2.29. The molecule has 28 heavy (non-hydrogen) atoms. The Morgan fingerprint density at radius 2 is 1.57 bits per heavy atom. The van der Waals surface area contributed by atoms with Gasteiger partial charge in [-0.2, -0.15) is 26.3 Å². The highest BCUT2D eigenvalue weighted by Gasteiger charge is 2.60. The van der Waals surface area contributed by atoms with Crippen LogP contribution in [0.15, 0.2) is 46.9 Å². The molecule has 11 heteroatoms. The molecule has 1 unspecified atom stereocenters. The summed E-state index contributed by atoms with van der Waals surface area (Å²) in [6.45, 7) is -1.02. The molecule has 0 saturated heterocycles. The fraction of sp³-hybridized carbons (Fsp3) is 0.235. The van der Waals surface area contributed by atoms with Gasteiger partial charge < -0.3 is 10.4 Å². The van der Waals surface area contributed by atoms with E-state index < -0.39 is 57.4 Å². The molecule has 2 aromatic carbocycles. The van der Waals surface area contributed by atoms with Gasteiger partial charge in [-0.1, -0.05) is 30.3 Å². The highest BCUT2D eigenvalue weighted by atomic mass is 79.9. The third-order valence-corrected chi connectivity index (χ3v) is 4.38. The summed E-state index contributed by atoms with van der Waals surface area (Å²) in [5.41, 5.74) is -6.75. The Balaban J connectivity index is 2.35. The summed E-state index contributed by atoms with van der Waals surface area (Å²) >= 11 is 2.59. The standard InChI is InChI=1S/C17H11BrF7NO2/c18-12-7-11(16(20,21)22)6-9(13(12)19)8-26-14(27)15(28,17(23,24)25)10-4-2-1-3-5-10/h1-7,28H,8H2,(H,26,27). The summed E-state index contributed by atoms with van der Waals surface area (Å²) in [4.78, 5) is 12.1. The van der Waals surface area contributed by atoms with E-state index in [1.165, 1.54) is 6.07 Å². The van der Waals surface area contributed by atoms with Gasteiger partial charge in [-0.25, -0.2) is 4.39 Å². The Labute approximate surface area is 162 Å². The second-order valence-electron chi connectivity index (χ2n) is 5.69. The number of rotatable bonds is 4. The minimum Gasteiger partial charge on any atom is -0.369 e. The van der Waals surface area contributed by atoms with Gasteiger partial charge in [-0.15, -0.1) is 0 Å². The lowest BCUT2D eigenvalue weighted by atomic mass is 9.92. The van der Waals surface area contributed by atoms with Gasteiger partial charge in [0.05, 0.1) is 10.0 Å². The van der Waals surface area contributed by atoms with Crippen LogP contribution in [-0.4, -0.2) is 17.2 Å². The minimum atomic E-state index is -5.44. The highest BCUT2D eigenvalue weighted by molar-refractivity contribution is 9.10. The van der Waals surface area contributed by atoms with Crippen LogP contribution in [-0.2, 0) is 23.1 Å². The molecule has 0 aliphatic rings. The molecular weight excluding hydrogens is 463 g/mol. The average molecular weight is 474 g/mol. The second-order valence-corrected chi connectivity index (χ2v) is 6.54. The van der Waals surface area contributed by atoms with Gasteiger partial charge in [0, 0.05) is 17.7 Å². The summed E-state index contributed by atoms with van der Waals surface area (Å²) in [7, 11) is 0. The van der Waals surface area contributed by atoms with E-state index in [1.807, 2.05) is 0 Å². The second kappa shape index (κ2) is 7.70. The molecule has 0 saturated carbocycles. The number of alkyl halides is 6. The largest absolute Gasteiger partial charge is 0.430 e. The summed E-state index contributed by atoms with van der Waals surface area (Å²) in [5.74, 6) is -3.15. The minimum absolute atomic E-state index is 0.357. The topological polar surface area (TPSA) is 49.3 Å². The van der Waals surface area contributed by atoms with Gasteiger partial charge in [0.25, 0.3) is 11.5 Å². The van der Waals surface area contributed by atoms with Crippen molar-refractivity contribution in [1.29, 1.82) is 0 Å². The van der Waals surface area contributed by atoms with Crippen LogP contribution in [0, 0.1) is 5.82 Å². The highest BCUT2D eigenvalue weighted by Crippen LogP contribution is 2.39. The number of hydrogen-bond donors (Lipinski definition) is 2. The lowest BCUT2D eigenvalue weighted by molar-refractivity contribution is -0.257. The van der Waals surface area contributed by atoms with Gasteiger partial charge >= 0.3 is 12.4 Å². The quantitative estimate of drug-likeness (QED) is 0.633. The molecule has 0 aliphatic carbocycles. The average Bonchev–Trinajstić information content (AvgIpc) is 2.60. The van der Waals surface area contributed by atoms with Crippen molar-refractivity contribution in [2.75, 3.05) is 0 Å². The van der Waals surface area contributed by atoms with E-state index in [0.717, 1.165) is 24.3 Å². The Morgan fingerprint density at radius 1 is 1.00 bits per heavy atom. The molecule has 0 aromatic heterocycles. The predicted molar refractivity (Wildman–Crippen MR) is 87.3 cm³/mol. The molecule has 0 fully saturated rings. The van der Waals surface area contributed by atoms with Gasteiger partial charge in [-0.05, 0) is 28.1 Å². The fourth-order valence-corrected chi connectivity index (χ4v) is 2.85. The molecule has 2 rings (SSSR count). The zero-order valence-corrected chi connectivity index (χ0v) is 15.2. The summed E-state index contributed by atoms with van der Waals surface area (Å²) in [6, 6.07) is 6.19. The van der Waals surface area contributed by atoms with Crippen molar-refractivity contribution >= 4 is 21.8 Å². The van der Waals surface area contributed by atoms with Crippen LogP contribution in [0.25, 0.3) is 0 Å². The predicted octanol–water partition coefficient (Wildman–Crippen LogP) is 4.67. The maximum absolute atomic E-state index is 14.0. The Kier molecular flexibility index (Phi) is 6.10. The van der Waals surface area contributed by atoms with Crippen LogP contribution in [0.2, 0.25) is 0 Å². The van der Waals surface area contributed by atoms with Gasteiger partial charge in [0.2, 0.25) is 0 Å². The normalized spacial score (nSPS) is 14.5. The number of carbonyl (C=O) groups excluding carboxylic acids is 1. The van der Waals surface area contributed by atoms with E-state index in [1.54, 1.807) is 5.32 Å². The number of aliphatic hydroxyl groups is 1. The SMILES string of the molecule is O=C(NCc1cc(C(F)(F)F)cc(Br)c1F)C(O)(c1ccccc1)C(F)(F)F. The van der Waals surface area contributed by atoms with Crippen molar-refractivity contribution in [3.8, 4) is 0 Å². The van der Waals surface area contributed by atoms with Crippen molar-refractivity contribution in [3.63, 3.8) is 0 Å². The van der Waals surface area contributed by atoms with Crippen molar-refractivity contribution in [3.05, 3.63) is 69.4 Å². The molecule has 0 heterocycles. The lowest BCUT2D eigenvalue weighted by Crippen LogP contribution is -2.54. The number of amides is 1. The summed E-state index contributed by atoms with van der Waals surface area (Å²) in [5, 5.41) is 11.7. The number of nitrogens with one attached hydrogen (secondary N) is 1. The van der Waals surface area contributed by atoms with E-state index >= 15 is 0 Å². The van der Waals surface area contributed by atoms with Gasteiger partial charge in [0.1, 0.15) is 5.82 Å². The summed E-state index contributed by atoms with van der Waals surface area (Å²) < 4.78 is 92.1. The Bertz CT molecular complexity index is 868. The van der Waals surface area contributed by atoms with Gasteiger partial charge in [-0.3, -0.25) is 4.79 Å². The fourth-order valence-electron chi connectivity index (χ4n) is 2.34. The van der Waals surface area contributed by atoms with Gasteiger partial charge in [0.15, 0.2) is 0 Å². The smallest absolute Gasteiger partial charge is 0.369 e. The third-order valence-electron chi connectivity index (χ3n) is 3.80. The maximum atomic E-state index is 14.0. The molecule has 0 spiro atoms. The van der Waals surface area contributed by atoms with Crippen LogP contribution in [0.3, 0.4) is 0 Å². The van der Waals surface area contributed by atoms with Crippen molar-refractivity contribution in [2.45, 2.75) is 24.5 Å². The molecule has 1 atom stereocenters. The van der Waals surface area contributed by atoms with E-state index in [0.29, 0.717) is 12.1 Å². The molecule has 0 aliphatic heterocycles. The maximum Gasteiger partial charge on any atom is 0.430 e. The first-order valence-corrected chi connectivity index (χ1v) is 8.26. The van der Waals surface area contributed by atoms with Crippen molar-refractivity contribution in [2.24, 2.45) is 0 Å². The Hall–Kier alpha value is -2.14. The number of halogens is 8. The molecule has 0 bridgehead atoms. The van der Waals surface area contributed by atoms with Crippen LogP contribution in [0.4, 0.5) is 30.7 Å². The molecule has 0 radical (unpaired) electrons. The molecule has 2 N–H and O–H groups in total. The number of benzene rings is 2. The van der Waals surface area contributed by atoms with Crippen molar-refractivity contribution in [1.82, 2.24) is 5.32 Å². The zero-order valence-electron chi connectivity index (χ0n) is 13.6. The molecular formula is C17H11BrF7NO2. The van der Waals surface area contributed by atoms with E-state index in [-0.39, 0.29) is 0 Å². The van der Waals surface area contributed by atoms with Crippen LogP contribution in [0.5, 0.6) is 0 Å². The Morgan fingerprint density at radius 3 is 2.07 bits per heavy atom. The van der Waals surface area contributed by atoms with Crippen LogP contribution in [0.1, 0.15) is 16.7 Å². The monoisotopic (exact) mass is 473 g/mol. The van der Waals surface area contributed by atoms with Crippen LogP contribution < -0.4 is 5.32 Å². The molecule has 152 valence electrons. The van der Waals surface area contributed by atoms with Crippen molar-refractivity contribution < 1.29 is 40.6 Å². The van der Waals surface area contributed by atoms with E-state index in [9.17, 15) is 40.6 Å². The first-order valence-electron chi connectivity index (χ1n) is 7.46. The number of hydrogen-bond acceptors (Lipinski definition) is 2. The molecule has 1 amide bonds. The summed E-state index contributed by atoms with van der Waals surface area (Å²) in [6.07, 6.45) is -10.3. The first-order chi connectivity index (χ1) is 12.8. The zero-order chi connectivity index (χ0) is 21.3.